The summed E-state index contributed by atoms with van der Waals surface area (Å²) in [4.78, 5) is 37.9. The van der Waals surface area contributed by atoms with Crippen LogP contribution in [0.2, 0.25) is 0 Å². The summed E-state index contributed by atoms with van der Waals surface area (Å²) in [5, 5.41) is 0. The standard InChI is InChI=1S/C55H98O6/c1-4-7-10-13-16-19-22-25-26-27-28-29-30-31-34-36-39-42-45-48-54(57)60-51-52(61-55(58)49-46-43-40-37-33-24-21-18-15-12-9-6-3)50-59-53(56)47-44-41-38-35-32-23-20-17-14-11-8-5-2/h16,19,25-26,28-29,31,34,52H,4-15,17-18,20-24,27,30,32-33,35-51H2,1-3H3/b19-16-,26-25-,29-28-,34-31-/t52-/m1/s1. The molecule has 0 aliphatic rings. The highest BCUT2D eigenvalue weighted by Crippen LogP contribution is 2.15. The molecular weight excluding hydrogens is 757 g/mol. The summed E-state index contributed by atoms with van der Waals surface area (Å²) in [7, 11) is 0. The van der Waals surface area contributed by atoms with Crippen LogP contribution in [0.3, 0.4) is 0 Å². The van der Waals surface area contributed by atoms with E-state index >= 15 is 0 Å². The number of allylic oxidation sites excluding steroid dienone is 8. The first-order chi connectivity index (χ1) is 30.0. The molecule has 0 aromatic heterocycles. The first-order valence-corrected chi connectivity index (χ1v) is 26.1. The van der Waals surface area contributed by atoms with Crippen LogP contribution in [-0.4, -0.2) is 37.2 Å². The van der Waals surface area contributed by atoms with Gasteiger partial charge in [-0.2, -0.15) is 0 Å². The number of carbonyl (C=O) groups is 3. The Labute approximate surface area is 378 Å². The molecule has 0 spiro atoms. The summed E-state index contributed by atoms with van der Waals surface area (Å²) in [6, 6.07) is 0. The van der Waals surface area contributed by atoms with Crippen molar-refractivity contribution in [3.63, 3.8) is 0 Å². The van der Waals surface area contributed by atoms with Crippen molar-refractivity contribution in [3.05, 3.63) is 48.6 Å². The minimum atomic E-state index is -0.780. The smallest absolute Gasteiger partial charge is 0.306 e. The van der Waals surface area contributed by atoms with Crippen molar-refractivity contribution in [2.45, 2.75) is 271 Å². The molecule has 0 unspecified atom stereocenters. The first-order valence-electron chi connectivity index (χ1n) is 26.1. The van der Waals surface area contributed by atoms with E-state index in [0.29, 0.717) is 19.3 Å². The highest BCUT2D eigenvalue weighted by Gasteiger charge is 2.19. The van der Waals surface area contributed by atoms with E-state index in [4.69, 9.17) is 14.2 Å². The average Bonchev–Trinajstić information content (AvgIpc) is 3.26. The van der Waals surface area contributed by atoms with Crippen LogP contribution >= 0.6 is 0 Å². The molecule has 6 nitrogen and oxygen atoms in total. The second kappa shape index (κ2) is 50.0. The molecule has 0 heterocycles. The number of carbonyl (C=O) groups excluding carboxylic acids is 3. The number of unbranched alkanes of at least 4 members (excludes halogenated alkanes) is 28. The third kappa shape index (κ3) is 48.3. The number of esters is 3. The van der Waals surface area contributed by atoms with Gasteiger partial charge >= 0.3 is 17.9 Å². The Kier molecular flexibility index (Phi) is 47.9. The van der Waals surface area contributed by atoms with Gasteiger partial charge in [0.25, 0.3) is 0 Å². The average molecular weight is 855 g/mol. The van der Waals surface area contributed by atoms with E-state index in [1.807, 2.05) is 0 Å². The zero-order valence-electron chi connectivity index (χ0n) is 40.4. The molecular formula is C55H98O6. The minimum Gasteiger partial charge on any atom is -0.462 e. The van der Waals surface area contributed by atoms with Crippen molar-refractivity contribution in [2.75, 3.05) is 13.2 Å². The van der Waals surface area contributed by atoms with Gasteiger partial charge in [0, 0.05) is 19.3 Å². The van der Waals surface area contributed by atoms with E-state index in [0.717, 1.165) is 83.5 Å². The molecule has 0 aromatic carbocycles. The molecule has 0 fully saturated rings. The van der Waals surface area contributed by atoms with Gasteiger partial charge < -0.3 is 14.2 Å². The lowest BCUT2D eigenvalue weighted by Gasteiger charge is -2.18. The van der Waals surface area contributed by atoms with Crippen molar-refractivity contribution in [1.82, 2.24) is 0 Å². The first kappa shape index (κ1) is 58.4. The maximum atomic E-state index is 12.8. The lowest BCUT2D eigenvalue weighted by molar-refractivity contribution is -0.167. The molecule has 0 radical (unpaired) electrons. The fourth-order valence-electron chi connectivity index (χ4n) is 7.37. The summed E-state index contributed by atoms with van der Waals surface area (Å²) < 4.78 is 16.8. The van der Waals surface area contributed by atoms with Crippen LogP contribution in [-0.2, 0) is 28.6 Å². The zero-order chi connectivity index (χ0) is 44.4. The maximum Gasteiger partial charge on any atom is 0.306 e. The van der Waals surface area contributed by atoms with Crippen molar-refractivity contribution in [3.8, 4) is 0 Å². The number of hydrogen-bond donors (Lipinski definition) is 0. The fourth-order valence-corrected chi connectivity index (χ4v) is 7.37. The Hall–Kier alpha value is -2.63. The molecule has 0 N–H and O–H groups in total. The number of ether oxygens (including phenoxy) is 3. The predicted octanol–water partition coefficient (Wildman–Crippen LogP) is 17.1. The fraction of sp³-hybridized carbons (Fsp3) is 0.800. The Balaban J connectivity index is 4.39. The molecule has 0 aromatic rings. The Morgan fingerprint density at radius 3 is 0.951 bits per heavy atom. The van der Waals surface area contributed by atoms with Gasteiger partial charge in [-0.25, -0.2) is 0 Å². The highest BCUT2D eigenvalue weighted by atomic mass is 16.6. The van der Waals surface area contributed by atoms with Gasteiger partial charge in [-0.15, -0.1) is 0 Å². The van der Waals surface area contributed by atoms with Gasteiger partial charge in [0.2, 0.25) is 0 Å². The Morgan fingerprint density at radius 1 is 0.328 bits per heavy atom. The second-order valence-electron chi connectivity index (χ2n) is 17.4. The molecule has 354 valence electrons. The lowest BCUT2D eigenvalue weighted by atomic mass is 10.0. The Bertz CT molecular complexity index is 1070. The Morgan fingerprint density at radius 2 is 0.590 bits per heavy atom. The number of hydrogen-bond acceptors (Lipinski definition) is 6. The van der Waals surface area contributed by atoms with Crippen LogP contribution in [0.15, 0.2) is 48.6 Å². The number of rotatable bonds is 47. The molecule has 0 saturated carbocycles. The maximum absolute atomic E-state index is 12.8. The predicted molar refractivity (Wildman–Crippen MR) is 261 cm³/mol. The second-order valence-corrected chi connectivity index (χ2v) is 17.4. The molecule has 1 atom stereocenters. The van der Waals surface area contributed by atoms with E-state index < -0.39 is 6.10 Å². The van der Waals surface area contributed by atoms with Crippen molar-refractivity contribution in [2.24, 2.45) is 0 Å². The summed E-state index contributed by atoms with van der Waals surface area (Å²) in [5.74, 6) is -0.904. The summed E-state index contributed by atoms with van der Waals surface area (Å²) >= 11 is 0. The summed E-state index contributed by atoms with van der Waals surface area (Å²) in [6.45, 7) is 6.59. The summed E-state index contributed by atoms with van der Waals surface area (Å²) in [5.41, 5.74) is 0. The van der Waals surface area contributed by atoms with Gasteiger partial charge in [0.1, 0.15) is 13.2 Å². The summed E-state index contributed by atoms with van der Waals surface area (Å²) in [6.07, 6.45) is 59.5. The molecule has 0 amide bonds. The van der Waals surface area contributed by atoms with E-state index in [2.05, 4.69) is 69.4 Å². The van der Waals surface area contributed by atoms with Gasteiger partial charge in [0.15, 0.2) is 6.10 Å². The van der Waals surface area contributed by atoms with Gasteiger partial charge in [-0.3, -0.25) is 14.4 Å². The molecule has 61 heavy (non-hydrogen) atoms. The van der Waals surface area contributed by atoms with Crippen molar-refractivity contribution in [1.29, 1.82) is 0 Å². The molecule has 6 heteroatoms. The zero-order valence-corrected chi connectivity index (χ0v) is 40.4. The minimum absolute atomic E-state index is 0.0797. The van der Waals surface area contributed by atoms with Crippen LogP contribution in [0.1, 0.15) is 265 Å². The van der Waals surface area contributed by atoms with Gasteiger partial charge in [-0.05, 0) is 64.2 Å². The van der Waals surface area contributed by atoms with E-state index in [1.54, 1.807) is 0 Å². The van der Waals surface area contributed by atoms with Gasteiger partial charge in [-0.1, -0.05) is 230 Å². The van der Waals surface area contributed by atoms with E-state index in [-0.39, 0.29) is 31.1 Å². The monoisotopic (exact) mass is 855 g/mol. The molecule has 0 rings (SSSR count). The van der Waals surface area contributed by atoms with Crippen LogP contribution < -0.4 is 0 Å². The topological polar surface area (TPSA) is 78.9 Å². The van der Waals surface area contributed by atoms with Crippen LogP contribution in [0, 0.1) is 0 Å². The molecule has 0 aliphatic carbocycles. The molecule has 0 bridgehead atoms. The largest absolute Gasteiger partial charge is 0.462 e. The quantitative estimate of drug-likeness (QED) is 0.0263. The molecule has 0 saturated heterocycles. The SMILES string of the molecule is CCCCC/C=C\C/C=C\C/C=C\C/C=C\CCCCCC(=O)OC[C@@H](COC(=O)CCCCCCCCCCCCCC)OC(=O)CCCCCCCCCCCCCC. The van der Waals surface area contributed by atoms with Crippen molar-refractivity contribution >= 4 is 17.9 Å². The van der Waals surface area contributed by atoms with Crippen LogP contribution in [0.5, 0.6) is 0 Å². The van der Waals surface area contributed by atoms with Crippen LogP contribution in [0.4, 0.5) is 0 Å². The van der Waals surface area contributed by atoms with Crippen LogP contribution in [0.25, 0.3) is 0 Å². The molecule has 0 aliphatic heterocycles. The van der Waals surface area contributed by atoms with E-state index in [9.17, 15) is 14.4 Å². The third-order valence-corrected chi connectivity index (χ3v) is 11.3. The lowest BCUT2D eigenvalue weighted by Crippen LogP contribution is -2.30. The highest BCUT2D eigenvalue weighted by molar-refractivity contribution is 5.71. The van der Waals surface area contributed by atoms with Gasteiger partial charge in [0.05, 0.1) is 0 Å². The van der Waals surface area contributed by atoms with E-state index in [1.165, 1.54) is 141 Å². The van der Waals surface area contributed by atoms with Crippen molar-refractivity contribution < 1.29 is 28.6 Å². The normalized spacial score (nSPS) is 12.4. The third-order valence-electron chi connectivity index (χ3n) is 11.3.